The molecule has 1 amide bonds. The number of nitrogens with one attached hydrogen (secondary N) is 1. The molecular formula is C31H41N3O5. The fourth-order valence-corrected chi connectivity index (χ4v) is 6.28. The molecule has 4 aliphatic heterocycles. The van der Waals surface area contributed by atoms with Crippen LogP contribution in [0.15, 0.2) is 36.4 Å². The summed E-state index contributed by atoms with van der Waals surface area (Å²) in [6.45, 7) is 9.38. The summed E-state index contributed by atoms with van der Waals surface area (Å²) >= 11 is 0. The molecule has 4 heterocycles. The molecule has 2 aromatic rings. The van der Waals surface area contributed by atoms with E-state index in [1.165, 1.54) is 5.56 Å². The Kier molecular flexibility index (Phi) is 7.33. The summed E-state index contributed by atoms with van der Waals surface area (Å²) in [4.78, 5) is 18.2. The summed E-state index contributed by atoms with van der Waals surface area (Å²) in [5, 5.41) is 14.7. The number of hydrogen-bond donors (Lipinski definition) is 2. The number of benzene rings is 2. The average molecular weight is 536 g/mol. The Bertz CT molecular complexity index is 1190. The summed E-state index contributed by atoms with van der Waals surface area (Å²) in [5.41, 5.74) is 2.94. The Morgan fingerprint density at radius 2 is 1.85 bits per heavy atom. The highest BCUT2D eigenvalue weighted by atomic mass is 16.6. The maximum Gasteiger partial charge on any atom is 0.225 e. The van der Waals surface area contributed by atoms with Crippen LogP contribution in [-0.4, -0.2) is 73.5 Å². The van der Waals surface area contributed by atoms with Crippen molar-refractivity contribution in [3.8, 4) is 17.2 Å². The van der Waals surface area contributed by atoms with Gasteiger partial charge in [-0.2, -0.15) is 0 Å². The molecule has 0 aliphatic carbocycles. The molecule has 0 radical (unpaired) electrons. The summed E-state index contributed by atoms with van der Waals surface area (Å²) in [5.74, 6) is 2.18. The number of aliphatic hydroxyl groups excluding tert-OH is 1. The minimum atomic E-state index is -0.843. The van der Waals surface area contributed by atoms with E-state index in [4.69, 9.17) is 14.2 Å². The predicted molar refractivity (Wildman–Crippen MR) is 150 cm³/mol. The number of hydrogen-bond acceptors (Lipinski definition) is 7. The summed E-state index contributed by atoms with van der Waals surface area (Å²) in [7, 11) is 0. The second-order valence-corrected chi connectivity index (χ2v) is 12.1. The van der Waals surface area contributed by atoms with E-state index in [9.17, 15) is 9.90 Å². The lowest BCUT2D eigenvalue weighted by Gasteiger charge is -2.33. The molecule has 2 aromatic carbocycles. The summed E-state index contributed by atoms with van der Waals surface area (Å²) in [6, 6.07) is 11.6. The lowest BCUT2D eigenvalue weighted by atomic mass is 9.94. The van der Waals surface area contributed by atoms with Crippen molar-refractivity contribution in [2.75, 3.05) is 50.8 Å². The van der Waals surface area contributed by atoms with Crippen LogP contribution in [0, 0.1) is 5.92 Å². The van der Waals surface area contributed by atoms with E-state index in [1.54, 1.807) is 0 Å². The normalized spacial score (nSPS) is 23.6. The zero-order valence-electron chi connectivity index (χ0n) is 23.2. The van der Waals surface area contributed by atoms with Gasteiger partial charge in [0.05, 0.1) is 12.0 Å². The molecule has 8 nitrogen and oxygen atoms in total. The average Bonchev–Trinajstić information content (AvgIpc) is 3.64. The number of nitrogens with zero attached hydrogens (tertiary/aromatic N) is 2. The molecule has 4 aliphatic rings. The van der Waals surface area contributed by atoms with Gasteiger partial charge in [-0.15, -0.1) is 0 Å². The Morgan fingerprint density at radius 1 is 1.05 bits per heavy atom. The highest BCUT2D eigenvalue weighted by molar-refractivity contribution is 5.80. The first-order valence-electron chi connectivity index (χ1n) is 14.5. The molecule has 3 atom stereocenters. The van der Waals surface area contributed by atoms with Crippen molar-refractivity contribution in [1.82, 2.24) is 10.2 Å². The fraction of sp³-hybridized carbons (Fsp3) is 0.581. The largest absolute Gasteiger partial charge is 0.487 e. The van der Waals surface area contributed by atoms with Gasteiger partial charge in [-0.1, -0.05) is 12.1 Å². The summed E-state index contributed by atoms with van der Waals surface area (Å²) < 4.78 is 17.6. The van der Waals surface area contributed by atoms with Crippen molar-refractivity contribution in [3.63, 3.8) is 0 Å². The molecule has 0 unspecified atom stereocenters. The molecule has 0 aromatic heterocycles. The van der Waals surface area contributed by atoms with E-state index in [0.29, 0.717) is 37.8 Å². The quantitative estimate of drug-likeness (QED) is 0.559. The number of aliphatic hydroxyl groups is 1. The first-order valence-corrected chi connectivity index (χ1v) is 14.5. The lowest BCUT2D eigenvalue weighted by molar-refractivity contribution is -0.126. The number of aryl methyl sites for hydroxylation is 1. The molecule has 2 N–H and O–H groups in total. The van der Waals surface area contributed by atoms with Gasteiger partial charge in [0.25, 0.3) is 0 Å². The minimum absolute atomic E-state index is 0.00799. The van der Waals surface area contributed by atoms with Crippen LogP contribution in [0.1, 0.15) is 56.8 Å². The van der Waals surface area contributed by atoms with Crippen molar-refractivity contribution in [2.24, 2.45) is 5.92 Å². The van der Waals surface area contributed by atoms with Crippen LogP contribution in [0.4, 0.5) is 5.69 Å². The van der Waals surface area contributed by atoms with Crippen LogP contribution in [0.3, 0.4) is 0 Å². The molecule has 6 rings (SSSR count). The molecule has 0 saturated carbocycles. The van der Waals surface area contributed by atoms with Crippen molar-refractivity contribution in [1.29, 1.82) is 0 Å². The number of amides is 1. The van der Waals surface area contributed by atoms with Crippen molar-refractivity contribution < 1.29 is 24.1 Å². The van der Waals surface area contributed by atoms with Crippen LogP contribution in [0.25, 0.3) is 0 Å². The number of anilines is 1. The van der Waals surface area contributed by atoms with E-state index in [2.05, 4.69) is 47.2 Å². The van der Waals surface area contributed by atoms with Gasteiger partial charge in [0.1, 0.15) is 30.7 Å². The lowest BCUT2D eigenvalue weighted by Crippen LogP contribution is -2.48. The monoisotopic (exact) mass is 535 g/mol. The second-order valence-electron chi connectivity index (χ2n) is 12.1. The standard InChI is InChI=1S/C31H41N3O5/c1-31(2)11-9-21-5-7-24(18-27(21)39-31)34-14-10-23(19-34)30(36)32-25(20-33-12-3-4-13-33)29(35)22-6-8-26-28(17-22)38-16-15-37-26/h5-8,17-18,23,25,29,35H,3-4,9-16,19-20H2,1-2H3,(H,32,36)/t23-,25-,29-/m1/s1. The number of ether oxygens (including phenoxy) is 3. The fourth-order valence-electron chi connectivity index (χ4n) is 6.28. The zero-order valence-corrected chi connectivity index (χ0v) is 23.2. The first-order chi connectivity index (χ1) is 18.8. The number of rotatable bonds is 7. The number of carbonyl (C=O) groups is 1. The smallest absolute Gasteiger partial charge is 0.225 e. The van der Waals surface area contributed by atoms with Crippen LogP contribution >= 0.6 is 0 Å². The molecule has 2 saturated heterocycles. The van der Waals surface area contributed by atoms with Crippen LogP contribution in [-0.2, 0) is 11.2 Å². The molecule has 2 fully saturated rings. The third kappa shape index (κ3) is 5.82. The second kappa shape index (κ2) is 10.9. The predicted octanol–water partition coefficient (Wildman–Crippen LogP) is 3.70. The Hall–Kier alpha value is -2.97. The van der Waals surface area contributed by atoms with Crippen LogP contribution in [0.5, 0.6) is 17.2 Å². The molecule has 8 heteroatoms. The number of fused-ring (bicyclic) bond motifs is 2. The van der Waals surface area contributed by atoms with Gasteiger partial charge in [0.15, 0.2) is 11.5 Å². The minimum Gasteiger partial charge on any atom is -0.487 e. The van der Waals surface area contributed by atoms with Gasteiger partial charge in [0, 0.05) is 31.4 Å². The third-order valence-corrected chi connectivity index (χ3v) is 8.63. The molecule has 39 heavy (non-hydrogen) atoms. The van der Waals surface area contributed by atoms with Crippen molar-refractivity contribution >= 4 is 11.6 Å². The zero-order chi connectivity index (χ0) is 27.0. The van der Waals surface area contributed by atoms with Gasteiger partial charge < -0.3 is 34.4 Å². The topological polar surface area (TPSA) is 83.5 Å². The van der Waals surface area contributed by atoms with Crippen molar-refractivity contribution in [3.05, 3.63) is 47.5 Å². The SMILES string of the molecule is CC1(C)CCc2ccc(N3CC[C@@H](C(=O)N[C@H](CN4CCCC4)[C@H](O)c4ccc5c(c4)OCCO5)C3)cc2O1. The maximum atomic E-state index is 13.6. The van der Waals surface area contributed by atoms with Crippen molar-refractivity contribution in [2.45, 2.75) is 63.7 Å². The highest BCUT2D eigenvalue weighted by Crippen LogP contribution is 2.37. The van der Waals surface area contributed by atoms with Gasteiger partial charge in [-0.25, -0.2) is 0 Å². The van der Waals surface area contributed by atoms with E-state index >= 15 is 0 Å². The Balaban J connectivity index is 1.14. The highest BCUT2D eigenvalue weighted by Gasteiger charge is 2.34. The third-order valence-electron chi connectivity index (χ3n) is 8.63. The number of carbonyl (C=O) groups excluding carboxylic acids is 1. The van der Waals surface area contributed by atoms with Gasteiger partial charge in [0.2, 0.25) is 5.91 Å². The van der Waals surface area contributed by atoms with Gasteiger partial charge >= 0.3 is 0 Å². The van der Waals surface area contributed by atoms with Gasteiger partial charge in [-0.05, 0) is 88.4 Å². The van der Waals surface area contributed by atoms with E-state index in [1.807, 2.05) is 18.2 Å². The summed E-state index contributed by atoms with van der Waals surface area (Å²) in [6.07, 6.45) is 4.29. The van der Waals surface area contributed by atoms with Crippen LogP contribution < -0.4 is 24.4 Å². The number of likely N-dealkylation sites (tertiary alicyclic amines) is 1. The molecular weight excluding hydrogens is 494 g/mol. The molecule has 0 bridgehead atoms. The van der Waals surface area contributed by atoms with E-state index in [-0.39, 0.29) is 17.4 Å². The molecule has 0 spiro atoms. The van der Waals surface area contributed by atoms with Crippen LogP contribution in [0.2, 0.25) is 0 Å². The van der Waals surface area contributed by atoms with E-state index < -0.39 is 12.1 Å². The molecule has 210 valence electrons. The Morgan fingerprint density at radius 3 is 2.67 bits per heavy atom. The van der Waals surface area contributed by atoms with Gasteiger partial charge in [-0.3, -0.25) is 4.79 Å². The maximum absolute atomic E-state index is 13.6. The van der Waals surface area contributed by atoms with E-state index in [0.717, 1.165) is 68.7 Å². The Labute approximate surface area is 231 Å². The first kappa shape index (κ1) is 26.3.